The van der Waals surface area contributed by atoms with Crippen molar-refractivity contribution in [3.05, 3.63) is 80.6 Å². The summed E-state index contributed by atoms with van der Waals surface area (Å²) in [5, 5.41) is 22.0. The molecule has 0 aliphatic heterocycles. The van der Waals surface area contributed by atoms with E-state index >= 15 is 0 Å². The van der Waals surface area contributed by atoms with E-state index < -0.39 is 10.5 Å². The number of aromatic nitrogens is 3. The monoisotopic (exact) mass is 446 g/mol. The Bertz CT molecular complexity index is 1500. The van der Waals surface area contributed by atoms with Crippen LogP contribution in [0.2, 0.25) is 0 Å². The van der Waals surface area contributed by atoms with E-state index in [0.717, 1.165) is 0 Å². The number of hydrogen-bond acceptors (Lipinski definition) is 7. The number of nitro benzene ring substituents is 1. The molecule has 0 spiro atoms. The number of fused-ring (bicyclic) bond motifs is 5. The van der Waals surface area contributed by atoms with Crippen LogP contribution < -0.4 is 10.3 Å². The van der Waals surface area contributed by atoms with Crippen LogP contribution in [0, 0.1) is 10.1 Å². The molecular weight excluding hydrogens is 428 g/mol. The Morgan fingerprint density at radius 1 is 1.12 bits per heavy atom. The molecule has 5 rings (SSSR count). The second-order valence-electron chi connectivity index (χ2n) is 7.72. The van der Waals surface area contributed by atoms with Crippen LogP contribution >= 0.6 is 0 Å². The van der Waals surface area contributed by atoms with Crippen molar-refractivity contribution in [2.45, 2.75) is 19.5 Å². The molecule has 33 heavy (non-hydrogen) atoms. The van der Waals surface area contributed by atoms with Crippen LogP contribution in [0.3, 0.4) is 0 Å². The van der Waals surface area contributed by atoms with Crippen molar-refractivity contribution in [2.75, 3.05) is 7.11 Å². The number of imidazole rings is 1. The van der Waals surface area contributed by atoms with Crippen LogP contribution in [0.25, 0.3) is 22.0 Å². The first-order valence-electron chi connectivity index (χ1n) is 10.2. The number of phenolic OH excluding ortho intramolecular Hbond substituents is 1. The lowest BCUT2D eigenvalue weighted by Gasteiger charge is -2.15. The minimum Gasteiger partial charge on any atom is -0.504 e. The second kappa shape index (κ2) is 7.59. The fourth-order valence-corrected chi connectivity index (χ4v) is 4.35. The maximum Gasteiger partial charge on any atom is 0.270 e. The summed E-state index contributed by atoms with van der Waals surface area (Å²) in [5.41, 5.74) is 0.772. The first kappa shape index (κ1) is 20.4. The number of carbonyl (C=O) groups is 1. The molecule has 10 heteroatoms. The Morgan fingerprint density at radius 3 is 2.64 bits per heavy atom. The Hall–Kier alpha value is -4.47. The van der Waals surface area contributed by atoms with E-state index in [1.165, 1.54) is 42.0 Å². The number of aryl methyl sites for hydroxylation is 1. The number of carbonyl (C=O) groups excluding carboxylic acids is 1. The third-order valence-electron chi connectivity index (χ3n) is 5.87. The number of rotatable bonds is 6. The molecule has 0 fully saturated rings. The lowest BCUT2D eigenvalue weighted by molar-refractivity contribution is -0.384. The van der Waals surface area contributed by atoms with E-state index in [4.69, 9.17) is 4.74 Å². The van der Waals surface area contributed by atoms with Gasteiger partial charge in [0.05, 0.1) is 35.0 Å². The van der Waals surface area contributed by atoms with Crippen LogP contribution in [-0.4, -0.2) is 37.0 Å². The quantitative estimate of drug-likeness (QED) is 0.313. The average Bonchev–Trinajstić information content (AvgIpc) is 3.42. The molecular formula is C23H18N4O6. The SMILES string of the molecule is COc1cc2c(cc1O)C(=O)c1c-2n(CCCn2ccnc2)c(=O)c2cc([N+](=O)[O-])ccc12. The number of phenols is 1. The maximum atomic E-state index is 13.5. The fourth-order valence-electron chi connectivity index (χ4n) is 4.35. The summed E-state index contributed by atoms with van der Waals surface area (Å²) in [6.45, 7) is 0.863. The molecule has 0 radical (unpaired) electrons. The van der Waals surface area contributed by atoms with Crippen molar-refractivity contribution in [2.24, 2.45) is 0 Å². The number of hydrogen-bond donors (Lipinski definition) is 1. The van der Waals surface area contributed by atoms with E-state index in [2.05, 4.69) is 4.98 Å². The van der Waals surface area contributed by atoms with Crippen molar-refractivity contribution < 1.29 is 19.6 Å². The van der Waals surface area contributed by atoms with Gasteiger partial charge in [-0.2, -0.15) is 0 Å². The summed E-state index contributed by atoms with van der Waals surface area (Å²) < 4.78 is 8.57. The highest BCUT2D eigenvalue weighted by Crippen LogP contribution is 2.44. The molecule has 1 aliphatic carbocycles. The Morgan fingerprint density at radius 2 is 1.94 bits per heavy atom. The van der Waals surface area contributed by atoms with Crippen molar-refractivity contribution in [1.82, 2.24) is 14.1 Å². The molecule has 2 aromatic carbocycles. The number of ketones is 1. The number of nitro groups is 1. The summed E-state index contributed by atoms with van der Waals surface area (Å²) in [6, 6.07) is 6.79. The van der Waals surface area contributed by atoms with Crippen LogP contribution in [0.4, 0.5) is 5.69 Å². The number of pyridine rings is 1. The van der Waals surface area contributed by atoms with Gasteiger partial charge in [-0.3, -0.25) is 19.7 Å². The van der Waals surface area contributed by atoms with Gasteiger partial charge in [-0.15, -0.1) is 0 Å². The molecule has 0 saturated heterocycles. The van der Waals surface area contributed by atoms with Crippen LogP contribution in [0.15, 0.2) is 53.8 Å². The van der Waals surface area contributed by atoms with Crippen LogP contribution in [-0.2, 0) is 13.1 Å². The van der Waals surface area contributed by atoms with E-state index in [1.807, 2.05) is 10.8 Å². The minimum absolute atomic E-state index is 0.0999. The van der Waals surface area contributed by atoms with Crippen molar-refractivity contribution in [3.63, 3.8) is 0 Å². The van der Waals surface area contributed by atoms with Crippen LogP contribution in [0.1, 0.15) is 22.3 Å². The number of methoxy groups -OCH3 is 1. The maximum absolute atomic E-state index is 13.5. The molecule has 0 saturated carbocycles. The Balaban J connectivity index is 1.76. The average molecular weight is 446 g/mol. The van der Waals surface area contributed by atoms with E-state index in [9.17, 15) is 24.8 Å². The zero-order valence-electron chi connectivity index (χ0n) is 17.5. The molecule has 2 heterocycles. The number of non-ortho nitro benzene ring substituents is 1. The lowest BCUT2D eigenvalue weighted by Crippen LogP contribution is -2.24. The second-order valence-corrected chi connectivity index (χ2v) is 7.72. The van der Waals surface area contributed by atoms with E-state index in [-0.39, 0.29) is 46.0 Å². The largest absolute Gasteiger partial charge is 0.504 e. The number of aromatic hydroxyl groups is 1. The van der Waals surface area contributed by atoms with E-state index in [0.29, 0.717) is 29.6 Å². The standard InChI is InChI=1S/C23H18N4O6/c1-33-19-11-15-16(10-18(19)28)22(29)20-14-4-3-13(27(31)32)9-17(14)23(30)26(21(15)20)7-2-6-25-8-5-24-12-25/h3-5,8-12,28H,2,6-7H2,1H3. The zero-order chi connectivity index (χ0) is 23.3. The predicted octanol–water partition coefficient (Wildman–Crippen LogP) is 3.12. The zero-order valence-corrected chi connectivity index (χ0v) is 17.5. The lowest BCUT2D eigenvalue weighted by atomic mass is 10.0. The molecule has 0 atom stereocenters. The van der Waals surface area contributed by atoms with Gasteiger partial charge in [0.25, 0.3) is 11.2 Å². The number of ether oxygens (including phenoxy) is 1. The topological polar surface area (TPSA) is 129 Å². The molecule has 4 aromatic rings. The van der Waals surface area contributed by atoms with Gasteiger partial charge >= 0.3 is 0 Å². The first-order chi connectivity index (χ1) is 15.9. The molecule has 0 amide bonds. The molecule has 1 N–H and O–H groups in total. The molecule has 166 valence electrons. The molecule has 2 aromatic heterocycles. The molecule has 10 nitrogen and oxygen atoms in total. The summed E-state index contributed by atoms with van der Waals surface area (Å²) in [5.74, 6) is -0.373. The van der Waals surface area contributed by atoms with Gasteiger partial charge in [0.1, 0.15) is 0 Å². The van der Waals surface area contributed by atoms with Crippen molar-refractivity contribution in [3.8, 4) is 22.8 Å². The fraction of sp³-hybridized carbons (Fsp3) is 0.174. The summed E-state index contributed by atoms with van der Waals surface area (Å²) in [4.78, 5) is 41.6. The Labute approximate surface area is 186 Å². The van der Waals surface area contributed by atoms with Gasteiger partial charge in [0, 0.05) is 54.1 Å². The number of benzene rings is 2. The molecule has 1 aliphatic rings. The summed E-state index contributed by atoms with van der Waals surface area (Å²) >= 11 is 0. The van der Waals surface area contributed by atoms with Crippen LogP contribution in [0.5, 0.6) is 11.5 Å². The van der Waals surface area contributed by atoms with Gasteiger partial charge in [0.15, 0.2) is 17.3 Å². The summed E-state index contributed by atoms with van der Waals surface area (Å²) in [6.07, 6.45) is 5.70. The normalized spacial score (nSPS) is 12.1. The predicted molar refractivity (Wildman–Crippen MR) is 119 cm³/mol. The van der Waals surface area contributed by atoms with Gasteiger partial charge in [-0.1, -0.05) is 0 Å². The van der Waals surface area contributed by atoms with Gasteiger partial charge in [0.2, 0.25) is 0 Å². The highest BCUT2D eigenvalue weighted by Gasteiger charge is 2.34. The minimum atomic E-state index is -0.574. The van der Waals surface area contributed by atoms with Crippen molar-refractivity contribution >= 4 is 22.2 Å². The smallest absolute Gasteiger partial charge is 0.270 e. The number of nitrogens with zero attached hydrogens (tertiary/aromatic N) is 4. The highest BCUT2D eigenvalue weighted by molar-refractivity contribution is 6.27. The van der Waals surface area contributed by atoms with E-state index in [1.54, 1.807) is 12.5 Å². The third-order valence-corrected chi connectivity index (χ3v) is 5.87. The first-order valence-corrected chi connectivity index (χ1v) is 10.2. The van der Waals surface area contributed by atoms with Gasteiger partial charge in [-0.05, 0) is 24.6 Å². The molecule has 0 bridgehead atoms. The summed E-state index contributed by atoms with van der Waals surface area (Å²) in [7, 11) is 1.40. The molecule has 0 unspecified atom stereocenters. The van der Waals surface area contributed by atoms with Crippen molar-refractivity contribution in [1.29, 1.82) is 0 Å². The van der Waals surface area contributed by atoms with Gasteiger partial charge < -0.3 is 19.0 Å². The van der Waals surface area contributed by atoms with Gasteiger partial charge in [-0.25, -0.2) is 4.98 Å². The highest BCUT2D eigenvalue weighted by atomic mass is 16.6. The Kier molecular flexibility index (Phi) is 4.70. The third kappa shape index (κ3) is 3.15.